The van der Waals surface area contributed by atoms with E-state index in [0.717, 1.165) is 0 Å². The van der Waals surface area contributed by atoms with Gasteiger partial charge in [-0.05, 0) is 7.05 Å². The molecule has 78 valence electrons. The number of carboxylic acids is 1. The molecule has 0 bridgehead atoms. The van der Waals surface area contributed by atoms with E-state index < -0.39 is 5.97 Å². The molecular weight excluding hydrogens is 204 g/mol. The Morgan fingerprint density at radius 3 is 3.00 bits per heavy atom. The van der Waals surface area contributed by atoms with Crippen molar-refractivity contribution in [3.05, 3.63) is 16.1 Å². The van der Waals surface area contributed by atoms with Gasteiger partial charge in [0.15, 0.2) is 5.69 Å². The molecule has 0 aliphatic carbocycles. The molecule has 0 aliphatic rings. The Kier molecular flexibility index (Phi) is 3.99. The molecular formula is C8H12N2O3S. The number of aromatic nitrogens is 1. The number of nitrogens with zero attached hydrogens (tertiary/aromatic N) is 2. The quantitative estimate of drug-likeness (QED) is 0.738. The molecule has 0 unspecified atom stereocenters. The molecule has 1 rings (SSSR count). The summed E-state index contributed by atoms with van der Waals surface area (Å²) in [6.45, 7) is 1.10. The second-order valence-corrected chi connectivity index (χ2v) is 3.83. The Morgan fingerprint density at radius 1 is 1.71 bits per heavy atom. The summed E-state index contributed by atoms with van der Waals surface area (Å²) < 4.78 is 0. The predicted molar refractivity (Wildman–Crippen MR) is 52.5 cm³/mol. The van der Waals surface area contributed by atoms with Gasteiger partial charge >= 0.3 is 5.97 Å². The third-order valence-corrected chi connectivity index (χ3v) is 2.56. The lowest BCUT2D eigenvalue weighted by Gasteiger charge is -2.13. The van der Waals surface area contributed by atoms with Crippen LogP contribution in [0.5, 0.6) is 0 Å². The molecule has 0 saturated heterocycles. The predicted octanol–water partition coefficient (Wildman–Crippen LogP) is 0.265. The lowest BCUT2D eigenvalue weighted by atomic mass is 10.3. The highest BCUT2D eigenvalue weighted by Crippen LogP contribution is 2.15. The maximum atomic E-state index is 10.7. The number of thiazole rings is 1. The van der Waals surface area contributed by atoms with E-state index in [0.29, 0.717) is 18.0 Å². The molecule has 6 heteroatoms. The van der Waals surface area contributed by atoms with E-state index in [1.165, 1.54) is 16.8 Å². The summed E-state index contributed by atoms with van der Waals surface area (Å²) in [6.07, 6.45) is 0. The average molecular weight is 216 g/mol. The second kappa shape index (κ2) is 5.04. The van der Waals surface area contributed by atoms with Crippen molar-refractivity contribution in [1.82, 2.24) is 9.88 Å². The van der Waals surface area contributed by atoms with E-state index in [2.05, 4.69) is 4.98 Å². The molecule has 0 amide bonds. The van der Waals surface area contributed by atoms with Crippen molar-refractivity contribution >= 4 is 17.3 Å². The number of hydrogen-bond donors (Lipinski definition) is 2. The van der Waals surface area contributed by atoms with E-state index in [1.807, 2.05) is 11.9 Å². The van der Waals surface area contributed by atoms with Crippen molar-refractivity contribution in [3.8, 4) is 0 Å². The molecule has 0 fully saturated rings. The zero-order chi connectivity index (χ0) is 10.6. The second-order valence-electron chi connectivity index (χ2n) is 2.89. The van der Waals surface area contributed by atoms with E-state index in [9.17, 15) is 4.79 Å². The van der Waals surface area contributed by atoms with Gasteiger partial charge in [0.25, 0.3) is 0 Å². The summed E-state index contributed by atoms with van der Waals surface area (Å²) >= 11 is 1.32. The highest BCUT2D eigenvalue weighted by molar-refractivity contribution is 7.09. The van der Waals surface area contributed by atoms with Gasteiger partial charge in [-0.1, -0.05) is 0 Å². The molecule has 5 nitrogen and oxygen atoms in total. The molecule has 0 atom stereocenters. The van der Waals surface area contributed by atoms with Gasteiger partial charge in [0.1, 0.15) is 0 Å². The summed E-state index contributed by atoms with van der Waals surface area (Å²) in [5.74, 6) is -1.00. The van der Waals surface area contributed by atoms with E-state index in [4.69, 9.17) is 10.2 Å². The van der Waals surface area contributed by atoms with Crippen molar-refractivity contribution in [1.29, 1.82) is 0 Å². The van der Waals surface area contributed by atoms with Gasteiger partial charge in [-0.2, -0.15) is 0 Å². The molecule has 0 aliphatic heterocycles. The van der Waals surface area contributed by atoms with Crippen LogP contribution in [0, 0.1) is 0 Å². The Morgan fingerprint density at radius 2 is 2.43 bits per heavy atom. The lowest BCUT2D eigenvalue weighted by Crippen LogP contribution is -2.22. The van der Waals surface area contributed by atoms with Crippen LogP contribution in [-0.4, -0.2) is 46.3 Å². The van der Waals surface area contributed by atoms with Gasteiger partial charge in [-0.3, -0.25) is 4.90 Å². The fraction of sp³-hybridized carbons (Fsp3) is 0.500. The zero-order valence-electron chi connectivity index (χ0n) is 7.80. The summed E-state index contributed by atoms with van der Waals surface area (Å²) in [5.41, 5.74) is 1.63. The first-order valence-electron chi connectivity index (χ1n) is 4.10. The van der Waals surface area contributed by atoms with Crippen LogP contribution in [0.1, 0.15) is 15.4 Å². The largest absolute Gasteiger partial charge is 0.476 e. The first-order valence-corrected chi connectivity index (χ1v) is 4.98. The highest BCUT2D eigenvalue weighted by atomic mass is 32.1. The molecule has 0 saturated carbocycles. The number of aliphatic hydroxyl groups excluding tert-OH is 1. The van der Waals surface area contributed by atoms with Gasteiger partial charge in [0, 0.05) is 13.1 Å². The third-order valence-electron chi connectivity index (χ3n) is 1.74. The van der Waals surface area contributed by atoms with Gasteiger partial charge < -0.3 is 10.2 Å². The molecule has 0 aromatic carbocycles. The van der Waals surface area contributed by atoms with Crippen molar-refractivity contribution < 1.29 is 15.0 Å². The van der Waals surface area contributed by atoms with Crippen molar-refractivity contribution in [2.45, 2.75) is 6.54 Å². The SMILES string of the molecule is CN(CCO)Cc1scnc1C(=O)O. The Balaban J connectivity index is 2.66. The zero-order valence-corrected chi connectivity index (χ0v) is 8.62. The standard InChI is InChI=1S/C8H12N2O3S/c1-10(2-3-11)4-6-7(8(12)13)9-5-14-6/h5,11H,2-4H2,1H3,(H,12,13). The van der Waals surface area contributed by atoms with Gasteiger partial charge in [0.05, 0.1) is 17.0 Å². The van der Waals surface area contributed by atoms with Crippen LogP contribution < -0.4 is 0 Å². The van der Waals surface area contributed by atoms with Crippen LogP contribution in [0.3, 0.4) is 0 Å². The van der Waals surface area contributed by atoms with E-state index in [-0.39, 0.29) is 12.3 Å². The molecule has 0 radical (unpaired) electrons. The van der Waals surface area contributed by atoms with E-state index >= 15 is 0 Å². The number of carbonyl (C=O) groups is 1. The molecule has 0 spiro atoms. The highest BCUT2D eigenvalue weighted by Gasteiger charge is 2.14. The Hall–Kier alpha value is -0.980. The Bertz CT molecular complexity index is 313. The lowest BCUT2D eigenvalue weighted by molar-refractivity contribution is 0.0689. The topological polar surface area (TPSA) is 73.7 Å². The first-order chi connectivity index (χ1) is 6.65. The van der Waals surface area contributed by atoms with Crippen LogP contribution in [0.4, 0.5) is 0 Å². The van der Waals surface area contributed by atoms with Gasteiger partial charge in [-0.15, -0.1) is 11.3 Å². The van der Waals surface area contributed by atoms with Crippen molar-refractivity contribution in [3.63, 3.8) is 0 Å². The number of rotatable bonds is 5. The minimum Gasteiger partial charge on any atom is -0.476 e. The number of hydrogen-bond acceptors (Lipinski definition) is 5. The first kappa shape index (κ1) is 11.1. The number of carboxylic acid groups (broad SMARTS) is 1. The van der Waals surface area contributed by atoms with Crippen molar-refractivity contribution in [2.24, 2.45) is 0 Å². The molecule has 1 aromatic heterocycles. The summed E-state index contributed by atoms with van der Waals surface area (Å²) in [5, 5.41) is 17.4. The maximum Gasteiger partial charge on any atom is 0.355 e. The summed E-state index contributed by atoms with van der Waals surface area (Å²) in [6, 6.07) is 0. The molecule has 1 heterocycles. The van der Waals surface area contributed by atoms with Crippen LogP contribution in [0.15, 0.2) is 5.51 Å². The Labute approximate surface area is 85.6 Å². The van der Waals surface area contributed by atoms with Crippen molar-refractivity contribution in [2.75, 3.05) is 20.2 Å². The smallest absolute Gasteiger partial charge is 0.355 e. The van der Waals surface area contributed by atoms with Crippen LogP contribution in [0.25, 0.3) is 0 Å². The maximum absolute atomic E-state index is 10.7. The molecule has 1 aromatic rings. The number of aliphatic hydroxyl groups is 1. The fourth-order valence-corrected chi connectivity index (χ4v) is 1.88. The van der Waals surface area contributed by atoms with Crippen LogP contribution >= 0.6 is 11.3 Å². The number of likely N-dealkylation sites (N-methyl/N-ethyl adjacent to an activating group) is 1. The minimum atomic E-state index is -1.00. The van der Waals surface area contributed by atoms with E-state index in [1.54, 1.807) is 0 Å². The molecule has 14 heavy (non-hydrogen) atoms. The monoisotopic (exact) mass is 216 g/mol. The normalized spacial score (nSPS) is 10.8. The van der Waals surface area contributed by atoms with Gasteiger partial charge in [0.2, 0.25) is 0 Å². The summed E-state index contributed by atoms with van der Waals surface area (Å²) in [4.78, 5) is 17.0. The molecule has 2 N–H and O–H groups in total. The average Bonchev–Trinajstić information content (AvgIpc) is 2.52. The number of aromatic carboxylic acids is 1. The summed E-state index contributed by atoms with van der Waals surface area (Å²) in [7, 11) is 1.82. The fourth-order valence-electron chi connectivity index (χ4n) is 1.05. The van der Waals surface area contributed by atoms with Crippen LogP contribution in [-0.2, 0) is 6.54 Å². The van der Waals surface area contributed by atoms with Crippen LogP contribution in [0.2, 0.25) is 0 Å². The minimum absolute atomic E-state index is 0.0672. The van der Waals surface area contributed by atoms with Gasteiger partial charge in [-0.25, -0.2) is 9.78 Å². The third kappa shape index (κ3) is 2.76.